The second-order valence-electron chi connectivity index (χ2n) is 4.37. The number of nitrogens with zero attached hydrogens (tertiary/aromatic N) is 2. The highest BCUT2D eigenvalue weighted by Crippen LogP contribution is 2.22. The van der Waals surface area contributed by atoms with Gasteiger partial charge in [-0.05, 0) is 42.7 Å². The lowest BCUT2D eigenvalue weighted by atomic mass is 10.1. The van der Waals surface area contributed by atoms with Crippen LogP contribution in [0.15, 0.2) is 35.5 Å². The van der Waals surface area contributed by atoms with Gasteiger partial charge in [0.1, 0.15) is 0 Å². The van der Waals surface area contributed by atoms with Crippen molar-refractivity contribution < 1.29 is 13.5 Å². The fourth-order valence-corrected chi connectivity index (χ4v) is 3.12. The predicted octanol–water partition coefficient (Wildman–Crippen LogP) is 1.39. The molecule has 6 nitrogen and oxygen atoms in total. The van der Waals surface area contributed by atoms with Crippen molar-refractivity contribution in [3.8, 4) is 0 Å². The topological polar surface area (TPSA) is 92.2 Å². The van der Waals surface area contributed by atoms with Crippen molar-refractivity contribution in [2.45, 2.75) is 25.3 Å². The molecule has 2 aromatic rings. The quantitative estimate of drug-likeness (QED) is 0.888. The molecule has 0 spiro atoms. The lowest BCUT2D eigenvalue weighted by molar-refractivity contribution is 0.281. The number of anilines is 1. The highest BCUT2D eigenvalue weighted by Gasteiger charge is 2.20. The third-order valence-corrected chi connectivity index (χ3v) is 4.40. The van der Waals surface area contributed by atoms with Crippen LogP contribution in [-0.2, 0) is 16.6 Å². The molecule has 1 heterocycles. The number of nitrogens with one attached hydrogen (secondary N) is 1. The Hall–Kier alpha value is -1.99. The van der Waals surface area contributed by atoms with E-state index in [0.717, 1.165) is 5.56 Å². The maximum absolute atomic E-state index is 12.4. The van der Waals surface area contributed by atoms with E-state index in [1.54, 1.807) is 26.0 Å². The molecule has 0 fully saturated rings. The van der Waals surface area contributed by atoms with Crippen LogP contribution in [0, 0.1) is 13.8 Å². The van der Waals surface area contributed by atoms with Gasteiger partial charge in [-0.3, -0.25) is 0 Å². The molecule has 7 heteroatoms. The zero-order valence-corrected chi connectivity index (χ0v) is 12.0. The normalized spacial score (nSPS) is 11.3. The Morgan fingerprint density at radius 2 is 1.85 bits per heavy atom. The number of aryl methyl sites for hydroxylation is 1. The van der Waals surface area contributed by atoms with Gasteiger partial charge >= 0.3 is 0 Å². The molecule has 0 saturated carbocycles. The van der Waals surface area contributed by atoms with Gasteiger partial charge in [-0.15, -0.1) is 0 Å². The average molecular weight is 293 g/mol. The van der Waals surface area contributed by atoms with Gasteiger partial charge in [-0.2, -0.15) is 0 Å². The van der Waals surface area contributed by atoms with Gasteiger partial charge in [0.2, 0.25) is 5.95 Å². The van der Waals surface area contributed by atoms with Gasteiger partial charge in [-0.1, -0.05) is 6.07 Å². The Morgan fingerprint density at radius 3 is 2.45 bits per heavy atom. The minimum absolute atomic E-state index is 0.0129. The van der Waals surface area contributed by atoms with Gasteiger partial charge < -0.3 is 5.11 Å². The summed E-state index contributed by atoms with van der Waals surface area (Å²) < 4.78 is 27.1. The molecular formula is C13H15N3O3S. The number of aromatic nitrogens is 2. The first-order valence-electron chi connectivity index (χ1n) is 5.95. The molecule has 106 valence electrons. The highest BCUT2D eigenvalue weighted by atomic mass is 32.2. The number of benzene rings is 1. The van der Waals surface area contributed by atoms with Crippen LogP contribution in [0.2, 0.25) is 0 Å². The lowest BCUT2D eigenvalue weighted by Crippen LogP contribution is -2.17. The number of hydrogen-bond donors (Lipinski definition) is 2. The zero-order valence-electron chi connectivity index (χ0n) is 11.2. The summed E-state index contributed by atoms with van der Waals surface area (Å²) in [5, 5.41) is 9.19. The SMILES string of the molecule is Cc1cc(CO)cc(S(=O)(=O)Nc2ncccn2)c1C. The average Bonchev–Trinajstić information content (AvgIpc) is 2.42. The van der Waals surface area contributed by atoms with Crippen LogP contribution in [0.25, 0.3) is 0 Å². The third kappa shape index (κ3) is 2.94. The smallest absolute Gasteiger partial charge is 0.264 e. The summed E-state index contributed by atoms with van der Waals surface area (Å²) in [6.45, 7) is 3.30. The van der Waals surface area contributed by atoms with Crippen molar-refractivity contribution in [2.24, 2.45) is 0 Å². The standard InChI is InChI=1S/C13H15N3O3S/c1-9-6-11(8-17)7-12(10(9)2)20(18,19)16-13-14-4-3-5-15-13/h3-7,17H,8H2,1-2H3,(H,14,15,16). The maximum Gasteiger partial charge on any atom is 0.264 e. The fraction of sp³-hybridized carbons (Fsp3) is 0.231. The number of aliphatic hydroxyl groups is 1. The summed E-state index contributed by atoms with van der Waals surface area (Å²) in [5.41, 5.74) is 1.97. The number of aliphatic hydroxyl groups excluding tert-OH is 1. The van der Waals surface area contributed by atoms with Crippen molar-refractivity contribution in [3.05, 3.63) is 47.3 Å². The van der Waals surface area contributed by atoms with E-state index in [0.29, 0.717) is 11.1 Å². The van der Waals surface area contributed by atoms with Gasteiger partial charge in [0.15, 0.2) is 0 Å². The summed E-state index contributed by atoms with van der Waals surface area (Å²) in [6, 6.07) is 4.81. The van der Waals surface area contributed by atoms with Crippen LogP contribution in [0.4, 0.5) is 5.95 Å². The van der Waals surface area contributed by atoms with E-state index in [-0.39, 0.29) is 17.5 Å². The monoisotopic (exact) mass is 293 g/mol. The molecule has 0 bridgehead atoms. The first-order chi connectivity index (χ1) is 9.44. The second kappa shape index (κ2) is 5.56. The maximum atomic E-state index is 12.4. The summed E-state index contributed by atoms with van der Waals surface area (Å²) in [6.07, 6.45) is 2.90. The van der Waals surface area contributed by atoms with Crippen molar-refractivity contribution in [1.82, 2.24) is 9.97 Å². The van der Waals surface area contributed by atoms with Crippen LogP contribution < -0.4 is 4.72 Å². The van der Waals surface area contributed by atoms with Gasteiger partial charge in [-0.25, -0.2) is 23.1 Å². The third-order valence-electron chi connectivity index (χ3n) is 2.94. The highest BCUT2D eigenvalue weighted by molar-refractivity contribution is 7.92. The van der Waals surface area contributed by atoms with Crippen molar-refractivity contribution >= 4 is 16.0 Å². The minimum atomic E-state index is -3.79. The molecule has 0 aliphatic rings. The Bertz CT molecular complexity index is 715. The van der Waals surface area contributed by atoms with Gasteiger partial charge in [0, 0.05) is 12.4 Å². The summed E-state index contributed by atoms with van der Waals surface area (Å²) in [4.78, 5) is 7.79. The minimum Gasteiger partial charge on any atom is -0.392 e. The molecule has 0 saturated heterocycles. The van der Waals surface area contributed by atoms with E-state index in [9.17, 15) is 13.5 Å². The summed E-state index contributed by atoms with van der Waals surface area (Å²) in [7, 11) is -3.79. The Balaban J connectivity index is 2.47. The van der Waals surface area contributed by atoms with E-state index in [1.165, 1.54) is 18.5 Å². The second-order valence-corrected chi connectivity index (χ2v) is 6.02. The molecule has 0 amide bonds. The zero-order chi connectivity index (χ0) is 14.8. The first kappa shape index (κ1) is 14.4. The van der Waals surface area contributed by atoms with E-state index in [4.69, 9.17) is 0 Å². The van der Waals surface area contributed by atoms with E-state index in [2.05, 4.69) is 14.7 Å². The van der Waals surface area contributed by atoms with Crippen LogP contribution in [-0.4, -0.2) is 23.5 Å². The van der Waals surface area contributed by atoms with Crippen LogP contribution in [0.1, 0.15) is 16.7 Å². The number of rotatable bonds is 4. The van der Waals surface area contributed by atoms with E-state index < -0.39 is 10.0 Å². The van der Waals surface area contributed by atoms with E-state index >= 15 is 0 Å². The van der Waals surface area contributed by atoms with Crippen molar-refractivity contribution in [3.63, 3.8) is 0 Å². The molecule has 20 heavy (non-hydrogen) atoms. The molecule has 2 rings (SSSR count). The lowest BCUT2D eigenvalue weighted by Gasteiger charge is -2.12. The van der Waals surface area contributed by atoms with E-state index in [1.807, 2.05) is 0 Å². The molecule has 1 aromatic heterocycles. The molecule has 0 atom stereocenters. The molecule has 2 N–H and O–H groups in total. The summed E-state index contributed by atoms with van der Waals surface area (Å²) >= 11 is 0. The van der Waals surface area contributed by atoms with Crippen LogP contribution >= 0.6 is 0 Å². The molecule has 0 aliphatic carbocycles. The van der Waals surface area contributed by atoms with Gasteiger partial charge in [0.25, 0.3) is 10.0 Å². The first-order valence-corrected chi connectivity index (χ1v) is 7.43. The van der Waals surface area contributed by atoms with Crippen molar-refractivity contribution in [2.75, 3.05) is 4.72 Å². The van der Waals surface area contributed by atoms with Crippen LogP contribution in [0.3, 0.4) is 0 Å². The molecule has 0 radical (unpaired) electrons. The number of hydrogen-bond acceptors (Lipinski definition) is 5. The summed E-state index contributed by atoms with van der Waals surface area (Å²) in [5.74, 6) is 0.0129. The van der Waals surface area contributed by atoms with Gasteiger partial charge in [0.05, 0.1) is 11.5 Å². The Kier molecular flexibility index (Phi) is 4.01. The molecule has 0 unspecified atom stereocenters. The molecular weight excluding hydrogens is 278 g/mol. The molecule has 0 aliphatic heterocycles. The fourth-order valence-electron chi connectivity index (χ4n) is 1.80. The predicted molar refractivity (Wildman–Crippen MR) is 74.7 cm³/mol. The Morgan fingerprint density at radius 1 is 1.20 bits per heavy atom. The van der Waals surface area contributed by atoms with Crippen LogP contribution in [0.5, 0.6) is 0 Å². The number of sulfonamides is 1. The molecule has 1 aromatic carbocycles. The Labute approximate surface area is 117 Å². The van der Waals surface area contributed by atoms with Crippen molar-refractivity contribution in [1.29, 1.82) is 0 Å². The largest absolute Gasteiger partial charge is 0.392 e.